The number of hydrogen-bond donors (Lipinski definition) is 0. The lowest BCUT2D eigenvalue weighted by Crippen LogP contribution is -2.07. The molecule has 0 radical (unpaired) electrons. The van der Waals surface area contributed by atoms with Crippen LogP contribution in [0, 0.1) is 0 Å². The molecule has 0 saturated heterocycles. The molecule has 0 amide bonds. The molecule has 1 aromatic carbocycles. The minimum absolute atomic E-state index is 0.228. The standard InChI is InChI=1S/C13H14O2/c1-15-13-9-5-3-7-11(13)10-6-2-4-8-12(10)14/h3,5-7,9H,2,4,8H2,1H3. The fourth-order valence-electron chi connectivity index (χ4n) is 1.88. The van der Waals surface area contributed by atoms with Crippen LogP contribution in [0.5, 0.6) is 5.75 Å². The fraction of sp³-hybridized carbons (Fsp3) is 0.308. The Kier molecular flexibility index (Phi) is 2.86. The van der Waals surface area contributed by atoms with Crippen molar-refractivity contribution in [3.63, 3.8) is 0 Å². The second-order valence-electron chi connectivity index (χ2n) is 3.63. The second-order valence-corrected chi connectivity index (χ2v) is 3.63. The molecule has 1 aromatic rings. The molecule has 1 aliphatic rings. The average molecular weight is 202 g/mol. The minimum atomic E-state index is 0.228. The summed E-state index contributed by atoms with van der Waals surface area (Å²) in [5.41, 5.74) is 1.74. The lowest BCUT2D eigenvalue weighted by Gasteiger charge is -2.14. The zero-order chi connectivity index (χ0) is 10.7. The molecule has 15 heavy (non-hydrogen) atoms. The van der Waals surface area contributed by atoms with E-state index in [-0.39, 0.29) is 5.78 Å². The Morgan fingerprint density at radius 2 is 2.07 bits per heavy atom. The summed E-state index contributed by atoms with van der Waals surface area (Å²) in [7, 11) is 1.63. The van der Waals surface area contributed by atoms with E-state index in [1.807, 2.05) is 30.3 Å². The van der Waals surface area contributed by atoms with Gasteiger partial charge in [-0.05, 0) is 18.9 Å². The van der Waals surface area contributed by atoms with E-state index in [0.29, 0.717) is 6.42 Å². The number of para-hydroxylation sites is 1. The third kappa shape index (κ3) is 1.94. The molecule has 0 unspecified atom stereocenters. The molecule has 2 rings (SSSR count). The Morgan fingerprint density at radius 1 is 1.27 bits per heavy atom. The van der Waals surface area contributed by atoms with Gasteiger partial charge < -0.3 is 4.74 Å². The van der Waals surface area contributed by atoms with Crippen LogP contribution >= 0.6 is 0 Å². The van der Waals surface area contributed by atoms with Crippen molar-refractivity contribution in [2.45, 2.75) is 19.3 Å². The first kappa shape index (κ1) is 9.97. The van der Waals surface area contributed by atoms with Gasteiger partial charge in [0.2, 0.25) is 0 Å². The Balaban J connectivity index is 2.44. The Labute approximate surface area is 89.6 Å². The first-order valence-electron chi connectivity index (χ1n) is 5.19. The van der Waals surface area contributed by atoms with E-state index in [1.54, 1.807) is 7.11 Å². The largest absolute Gasteiger partial charge is 0.496 e. The number of carbonyl (C=O) groups is 1. The van der Waals surface area contributed by atoms with Gasteiger partial charge in [0.05, 0.1) is 7.11 Å². The molecule has 0 spiro atoms. The van der Waals surface area contributed by atoms with Crippen LogP contribution in [0.4, 0.5) is 0 Å². The van der Waals surface area contributed by atoms with Crippen molar-refractivity contribution >= 4 is 11.4 Å². The van der Waals surface area contributed by atoms with E-state index in [9.17, 15) is 4.79 Å². The molecule has 0 bridgehead atoms. The summed E-state index contributed by atoms with van der Waals surface area (Å²) >= 11 is 0. The Morgan fingerprint density at radius 3 is 2.80 bits per heavy atom. The molecule has 0 aromatic heterocycles. The van der Waals surface area contributed by atoms with Gasteiger partial charge in [-0.25, -0.2) is 0 Å². The van der Waals surface area contributed by atoms with E-state index < -0.39 is 0 Å². The van der Waals surface area contributed by atoms with Crippen molar-refractivity contribution < 1.29 is 9.53 Å². The third-order valence-corrected chi connectivity index (χ3v) is 2.65. The maximum absolute atomic E-state index is 11.7. The summed E-state index contributed by atoms with van der Waals surface area (Å²) in [5, 5.41) is 0. The molecule has 0 saturated carbocycles. The van der Waals surface area contributed by atoms with Crippen LogP contribution in [0.1, 0.15) is 24.8 Å². The molecular formula is C13H14O2. The monoisotopic (exact) mass is 202 g/mol. The van der Waals surface area contributed by atoms with Crippen LogP contribution < -0.4 is 4.74 Å². The summed E-state index contributed by atoms with van der Waals surface area (Å²) in [6, 6.07) is 7.67. The number of ether oxygens (including phenoxy) is 1. The number of Topliss-reactive ketones (excluding diaryl/α,β-unsaturated/α-hetero) is 1. The third-order valence-electron chi connectivity index (χ3n) is 2.65. The first-order chi connectivity index (χ1) is 7.33. The van der Waals surface area contributed by atoms with Crippen molar-refractivity contribution in [1.82, 2.24) is 0 Å². The van der Waals surface area contributed by atoms with Crippen LogP contribution in [0.2, 0.25) is 0 Å². The van der Waals surface area contributed by atoms with E-state index in [0.717, 1.165) is 29.7 Å². The van der Waals surface area contributed by atoms with Gasteiger partial charge in [0, 0.05) is 17.6 Å². The number of ketones is 1. The molecule has 78 valence electrons. The number of carbonyl (C=O) groups excluding carboxylic acids is 1. The highest BCUT2D eigenvalue weighted by molar-refractivity contribution is 6.21. The van der Waals surface area contributed by atoms with Crippen LogP contribution in [0.15, 0.2) is 30.3 Å². The van der Waals surface area contributed by atoms with Gasteiger partial charge >= 0.3 is 0 Å². The van der Waals surface area contributed by atoms with E-state index >= 15 is 0 Å². The van der Waals surface area contributed by atoms with Gasteiger partial charge in [-0.1, -0.05) is 24.3 Å². The van der Waals surface area contributed by atoms with Gasteiger partial charge in [0.15, 0.2) is 5.78 Å². The van der Waals surface area contributed by atoms with Gasteiger partial charge in [-0.2, -0.15) is 0 Å². The summed E-state index contributed by atoms with van der Waals surface area (Å²) in [5.74, 6) is 1.00. The van der Waals surface area contributed by atoms with Gasteiger partial charge in [-0.3, -0.25) is 4.79 Å². The SMILES string of the molecule is COc1ccccc1C1=CCCCC1=O. The average Bonchev–Trinajstić information content (AvgIpc) is 2.30. The molecule has 2 heteroatoms. The topological polar surface area (TPSA) is 26.3 Å². The minimum Gasteiger partial charge on any atom is -0.496 e. The zero-order valence-corrected chi connectivity index (χ0v) is 8.82. The maximum atomic E-state index is 11.7. The first-order valence-corrected chi connectivity index (χ1v) is 5.19. The van der Waals surface area contributed by atoms with Crippen molar-refractivity contribution in [3.05, 3.63) is 35.9 Å². The second kappa shape index (κ2) is 4.30. The molecule has 0 fully saturated rings. The predicted octanol–water partition coefficient (Wildman–Crippen LogP) is 2.83. The maximum Gasteiger partial charge on any atom is 0.163 e. The number of allylic oxidation sites excluding steroid dienone is 2. The van der Waals surface area contributed by atoms with Crippen molar-refractivity contribution in [2.75, 3.05) is 7.11 Å². The summed E-state index contributed by atoms with van der Waals surface area (Å²) in [4.78, 5) is 11.7. The molecule has 0 N–H and O–H groups in total. The normalized spacial score (nSPS) is 16.1. The van der Waals surface area contributed by atoms with Gasteiger partial charge in [-0.15, -0.1) is 0 Å². The van der Waals surface area contributed by atoms with Crippen LogP contribution in [0.25, 0.3) is 5.57 Å². The van der Waals surface area contributed by atoms with Crippen molar-refractivity contribution in [1.29, 1.82) is 0 Å². The highest BCUT2D eigenvalue weighted by atomic mass is 16.5. The molecular weight excluding hydrogens is 188 g/mol. The highest BCUT2D eigenvalue weighted by Gasteiger charge is 2.17. The summed E-state index contributed by atoms with van der Waals surface area (Å²) in [6.45, 7) is 0. The number of hydrogen-bond acceptors (Lipinski definition) is 2. The summed E-state index contributed by atoms with van der Waals surface area (Å²) < 4.78 is 5.25. The molecule has 0 heterocycles. The highest BCUT2D eigenvalue weighted by Crippen LogP contribution is 2.30. The van der Waals surface area contributed by atoms with Gasteiger partial charge in [0.1, 0.15) is 5.75 Å². The van der Waals surface area contributed by atoms with Crippen LogP contribution in [-0.2, 0) is 4.79 Å². The quantitative estimate of drug-likeness (QED) is 0.737. The van der Waals surface area contributed by atoms with E-state index in [1.165, 1.54) is 0 Å². The van der Waals surface area contributed by atoms with Gasteiger partial charge in [0.25, 0.3) is 0 Å². The van der Waals surface area contributed by atoms with Crippen LogP contribution in [-0.4, -0.2) is 12.9 Å². The van der Waals surface area contributed by atoms with E-state index in [2.05, 4.69) is 0 Å². The molecule has 0 aliphatic heterocycles. The molecule has 0 atom stereocenters. The fourth-order valence-corrected chi connectivity index (χ4v) is 1.88. The lowest BCUT2D eigenvalue weighted by atomic mass is 9.92. The molecule has 1 aliphatic carbocycles. The van der Waals surface area contributed by atoms with Crippen LogP contribution in [0.3, 0.4) is 0 Å². The van der Waals surface area contributed by atoms with Crippen molar-refractivity contribution in [3.8, 4) is 5.75 Å². The lowest BCUT2D eigenvalue weighted by molar-refractivity contribution is -0.114. The molecule has 2 nitrogen and oxygen atoms in total. The van der Waals surface area contributed by atoms with Crippen molar-refractivity contribution in [2.24, 2.45) is 0 Å². The Hall–Kier alpha value is -1.57. The van der Waals surface area contributed by atoms with E-state index in [4.69, 9.17) is 4.74 Å². The Bertz CT molecular complexity index is 405. The smallest absolute Gasteiger partial charge is 0.163 e. The number of rotatable bonds is 2. The number of benzene rings is 1. The number of methoxy groups -OCH3 is 1. The summed E-state index contributed by atoms with van der Waals surface area (Å²) in [6.07, 6.45) is 4.63. The predicted molar refractivity (Wildman–Crippen MR) is 59.8 cm³/mol. The zero-order valence-electron chi connectivity index (χ0n) is 8.82.